The molecule has 96 valence electrons. The van der Waals surface area contributed by atoms with Crippen molar-refractivity contribution in [2.75, 3.05) is 13.1 Å². The lowest BCUT2D eigenvalue weighted by Gasteiger charge is -2.31. The molecule has 4 nitrogen and oxygen atoms in total. The summed E-state index contributed by atoms with van der Waals surface area (Å²) in [7, 11) is 0. The summed E-state index contributed by atoms with van der Waals surface area (Å²) >= 11 is 2.15. The number of hydrogen-bond donors (Lipinski definition) is 1. The Morgan fingerprint density at radius 1 is 1.33 bits per heavy atom. The smallest absolute Gasteiger partial charge is 0.254 e. The van der Waals surface area contributed by atoms with E-state index >= 15 is 0 Å². The number of piperidine rings is 1. The first kappa shape index (κ1) is 13.3. The van der Waals surface area contributed by atoms with Crippen LogP contribution in [0.1, 0.15) is 23.2 Å². The Kier molecular flexibility index (Phi) is 4.21. The Balaban J connectivity index is 2.14. The van der Waals surface area contributed by atoms with Crippen molar-refractivity contribution in [3.8, 4) is 0 Å². The summed E-state index contributed by atoms with van der Waals surface area (Å²) in [5.41, 5.74) is 6.02. The van der Waals surface area contributed by atoms with Crippen molar-refractivity contribution >= 4 is 34.4 Å². The number of halogens is 1. The number of carbonyl (C=O) groups excluding carboxylic acids is 2. The van der Waals surface area contributed by atoms with Crippen LogP contribution in [-0.2, 0) is 4.79 Å². The molecule has 1 aromatic rings. The molecule has 0 spiro atoms. The standard InChI is InChI=1S/C13H15IN2O2/c14-11-6-2-1-5-10(11)13(18)16-7-3-4-9(8-16)12(15)17/h1-2,5-6,9H,3-4,7-8H2,(H2,15,17). The number of nitrogens with two attached hydrogens (primary N) is 1. The van der Waals surface area contributed by atoms with Gasteiger partial charge in [0, 0.05) is 16.7 Å². The molecule has 1 aliphatic rings. The first-order chi connectivity index (χ1) is 8.59. The maximum absolute atomic E-state index is 12.4. The normalized spacial score (nSPS) is 19.6. The molecule has 1 fully saturated rings. The lowest BCUT2D eigenvalue weighted by atomic mass is 9.97. The van der Waals surface area contributed by atoms with E-state index in [1.807, 2.05) is 24.3 Å². The third-order valence-corrected chi connectivity index (χ3v) is 4.16. The van der Waals surface area contributed by atoms with E-state index in [1.165, 1.54) is 0 Å². The molecule has 1 aromatic carbocycles. The Labute approximate surface area is 120 Å². The Morgan fingerprint density at radius 3 is 2.72 bits per heavy atom. The van der Waals surface area contributed by atoms with Gasteiger partial charge in [0.15, 0.2) is 0 Å². The van der Waals surface area contributed by atoms with Crippen molar-refractivity contribution in [3.05, 3.63) is 33.4 Å². The van der Waals surface area contributed by atoms with Gasteiger partial charge >= 0.3 is 0 Å². The molecule has 0 bridgehead atoms. The first-order valence-electron chi connectivity index (χ1n) is 5.92. The molecule has 0 radical (unpaired) electrons. The molecule has 0 aromatic heterocycles. The topological polar surface area (TPSA) is 63.4 Å². The van der Waals surface area contributed by atoms with Crippen molar-refractivity contribution < 1.29 is 9.59 Å². The van der Waals surface area contributed by atoms with Crippen LogP contribution in [-0.4, -0.2) is 29.8 Å². The molecule has 1 aliphatic heterocycles. The lowest BCUT2D eigenvalue weighted by molar-refractivity contribution is -0.123. The predicted molar refractivity (Wildman–Crippen MR) is 77.0 cm³/mol. The summed E-state index contributed by atoms with van der Waals surface area (Å²) in [6.45, 7) is 1.15. The number of benzene rings is 1. The second kappa shape index (κ2) is 5.69. The summed E-state index contributed by atoms with van der Waals surface area (Å²) in [5.74, 6) is -0.523. The van der Waals surface area contributed by atoms with Gasteiger partial charge in [-0.25, -0.2) is 0 Å². The van der Waals surface area contributed by atoms with E-state index in [2.05, 4.69) is 22.6 Å². The summed E-state index contributed by atoms with van der Waals surface area (Å²) in [5, 5.41) is 0. The van der Waals surface area contributed by atoms with Crippen molar-refractivity contribution in [1.82, 2.24) is 4.90 Å². The van der Waals surface area contributed by atoms with Crippen LogP contribution in [0.2, 0.25) is 0 Å². The molecule has 1 atom stereocenters. The van der Waals surface area contributed by atoms with E-state index in [1.54, 1.807) is 4.90 Å². The van der Waals surface area contributed by atoms with Crippen LogP contribution in [0, 0.1) is 9.49 Å². The summed E-state index contributed by atoms with van der Waals surface area (Å²) in [4.78, 5) is 25.3. The Hall–Kier alpha value is -1.11. The van der Waals surface area contributed by atoms with Crippen LogP contribution >= 0.6 is 22.6 Å². The molecule has 2 amide bonds. The highest BCUT2D eigenvalue weighted by Crippen LogP contribution is 2.20. The zero-order chi connectivity index (χ0) is 13.1. The van der Waals surface area contributed by atoms with Crippen molar-refractivity contribution in [3.63, 3.8) is 0 Å². The van der Waals surface area contributed by atoms with Crippen LogP contribution in [0.25, 0.3) is 0 Å². The average molecular weight is 358 g/mol. The van der Waals surface area contributed by atoms with E-state index in [0.717, 1.165) is 16.4 Å². The molecule has 0 aliphatic carbocycles. The van der Waals surface area contributed by atoms with E-state index in [4.69, 9.17) is 5.73 Å². The van der Waals surface area contributed by atoms with Gasteiger partial charge in [0.1, 0.15) is 0 Å². The average Bonchev–Trinajstić information content (AvgIpc) is 2.38. The summed E-state index contributed by atoms with van der Waals surface area (Å²) < 4.78 is 0.932. The third-order valence-electron chi connectivity index (χ3n) is 3.22. The Bertz CT molecular complexity index is 476. The van der Waals surface area contributed by atoms with Gasteiger partial charge in [-0.2, -0.15) is 0 Å². The summed E-state index contributed by atoms with van der Waals surface area (Å²) in [6, 6.07) is 7.48. The number of primary amides is 1. The second-order valence-electron chi connectivity index (χ2n) is 4.47. The minimum absolute atomic E-state index is 0.00838. The fraction of sp³-hybridized carbons (Fsp3) is 0.385. The predicted octanol–water partition coefficient (Wildman–Crippen LogP) is 1.63. The molecule has 1 unspecified atom stereocenters. The molecule has 2 N–H and O–H groups in total. The van der Waals surface area contributed by atoms with Gasteiger partial charge in [0.25, 0.3) is 5.91 Å². The number of likely N-dealkylation sites (tertiary alicyclic amines) is 1. The highest BCUT2D eigenvalue weighted by Gasteiger charge is 2.28. The monoisotopic (exact) mass is 358 g/mol. The lowest BCUT2D eigenvalue weighted by Crippen LogP contribution is -2.44. The number of amides is 2. The van der Waals surface area contributed by atoms with Crippen molar-refractivity contribution in [2.45, 2.75) is 12.8 Å². The van der Waals surface area contributed by atoms with Crippen LogP contribution in [0.15, 0.2) is 24.3 Å². The van der Waals surface area contributed by atoms with Crippen LogP contribution < -0.4 is 5.73 Å². The highest BCUT2D eigenvalue weighted by molar-refractivity contribution is 14.1. The molecule has 0 saturated carbocycles. The SMILES string of the molecule is NC(=O)C1CCCN(C(=O)c2ccccc2I)C1. The molecule has 1 heterocycles. The van der Waals surface area contributed by atoms with Crippen molar-refractivity contribution in [2.24, 2.45) is 11.7 Å². The number of carbonyl (C=O) groups is 2. The largest absolute Gasteiger partial charge is 0.369 e. The van der Waals surface area contributed by atoms with E-state index < -0.39 is 0 Å². The van der Waals surface area contributed by atoms with Crippen LogP contribution in [0.5, 0.6) is 0 Å². The highest BCUT2D eigenvalue weighted by atomic mass is 127. The number of nitrogens with zero attached hydrogens (tertiary/aromatic N) is 1. The molecular weight excluding hydrogens is 343 g/mol. The van der Waals surface area contributed by atoms with Gasteiger partial charge in [-0.3, -0.25) is 9.59 Å². The Morgan fingerprint density at radius 2 is 2.06 bits per heavy atom. The second-order valence-corrected chi connectivity index (χ2v) is 5.63. The molecule has 18 heavy (non-hydrogen) atoms. The minimum Gasteiger partial charge on any atom is -0.369 e. The van der Waals surface area contributed by atoms with Gasteiger partial charge in [0.2, 0.25) is 5.91 Å². The van der Waals surface area contributed by atoms with Crippen LogP contribution in [0.3, 0.4) is 0 Å². The molecule has 5 heteroatoms. The quantitative estimate of drug-likeness (QED) is 0.817. The summed E-state index contributed by atoms with van der Waals surface area (Å²) in [6.07, 6.45) is 1.62. The zero-order valence-corrected chi connectivity index (χ0v) is 12.1. The molecule has 2 rings (SSSR count). The number of hydrogen-bond acceptors (Lipinski definition) is 2. The fourth-order valence-electron chi connectivity index (χ4n) is 2.20. The fourth-order valence-corrected chi connectivity index (χ4v) is 2.82. The van der Waals surface area contributed by atoms with E-state index in [0.29, 0.717) is 18.7 Å². The minimum atomic E-state index is -0.310. The maximum atomic E-state index is 12.4. The van der Waals surface area contributed by atoms with Crippen LogP contribution in [0.4, 0.5) is 0 Å². The van der Waals surface area contributed by atoms with Gasteiger partial charge in [-0.15, -0.1) is 0 Å². The van der Waals surface area contributed by atoms with Gasteiger partial charge in [-0.05, 0) is 47.6 Å². The molecule has 1 saturated heterocycles. The third kappa shape index (κ3) is 2.82. The number of rotatable bonds is 2. The van der Waals surface area contributed by atoms with Gasteiger partial charge in [-0.1, -0.05) is 12.1 Å². The zero-order valence-electron chi connectivity index (χ0n) is 9.93. The van der Waals surface area contributed by atoms with Gasteiger partial charge < -0.3 is 10.6 Å². The maximum Gasteiger partial charge on any atom is 0.254 e. The van der Waals surface area contributed by atoms with E-state index in [9.17, 15) is 9.59 Å². The molecular formula is C13H15IN2O2. The van der Waals surface area contributed by atoms with E-state index in [-0.39, 0.29) is 17.7 Å². The van der Waals surface area contributed by atoms with Gasteiger partial charge in [0.05, 0.1) is 11.5 Å². The first-order valence-corrected chi connectivity index (χ1v) is 7.00. The van der Waals surface area contributed by atoms with Crippen molar-refractivity contribution in [1.29, 1.82) is 0 Å².